The Morgan fingerprint density at radius 1 is 1.00 bits per heavy atom. The highest BCUT2D eigenvalue weighted by atomic mass is 32.1. The molecule has 0 atom stereocenters. The Morgan fingerprint density at radius 3 is 2.40 bits per heavy atom. The van der Waals surface area contributed by atoms with Crippen molar-refractivity contribution in [3.05, 3.63) is 52.2 Å². The highest BCUT2D eigenvalue weighted by Gasteiger charge is 1.94. The maximum atomic E-state index is 9.11. The summed E-state index contributed by atoms with van der Waals surface area (Å²) in [6.45, 7) is 1.72. The average molecular weight is 219 g/mol. The number of hydrogen-bond acceptors (Lipinski definition) is 3. The normalized spacial score (nSPS) is 10.4. The minimum atomic E-state index is 0.316. The quantitative estimate of drug-likeness (QED) is 0.828. The molecule has 0 aliphatic rings. The van der Waals surface area contributed by atoms with Gasteiger partial charge in [0, 0.05) is 13.1 Å². The summed E-state index contributed by atoms with van der Waals surface area (Å²) in [5.41, 5.74) is 2.50. The molecule has 2 nitrogen and oxygen atoms in total. The summed E-state index contributed by atoms with van der Waals surface area (Å²) in [4.78, 5) is 0. The predicted molar refractivity (Wildman–Crippen MR) is 63.0 cm³/mol. The van der Waals surface area contributed by atoms with Crippen LogP contribution in [-0.2, 0) is 13.1 Å². The van der Waals surface area contributed by atoms with Crippen molar-refractivity contribution in [1.29, 1.82) is 0 Å². The van der Waals surface area contributed by atoms with Gasteiger partial charge in [0.25, 0.3) is 0 Å². The summed E-state index contributed by atoms with van der Waals surface area (Å²) in [6, 6.07) is 9.39. The lowest BCUT2D eigenvalue weighted by Gasteiger charge is -2.03. The molecular formula is C12H13NOS. The first-order chi connectivity index (χ1) is 7.34. The smallest absolute Gasteiger partial charge is 0.115 e. The van der Waals surface area contributed by atoms with Crippen LogP contribution in [0.2, 0.25) is 0 Å². The van der Waals surface area contributed by atoms with E-state index in [1.54, 1.807) is 23.5 Å². The summed E-state index contributed by atoms with van der Waals surface area (Å²) in [6.07, 6.45) is 0. The van der Waals surface area contributed by atoms with E-state index in [-0.39, 0.29) is 0 Å². The van der Waals surface area contributed by atoms with Crippen LogP contribution in [0.5, 0.6) is 5.75 Å². The van der Waals surface area contributed by atoms with E-state index in [1.165, 1.54) is 11.1 Å². The van der Waals surface area contributed by atoms with E-state index in [9.17, 15) is 0 Å². The Hall–Kier alpha value is -1.32. The van der Waals surface area contributed by atoms with Crippen LogP contribution in [-0.4, -0.2) is 5.11 Å². The molecule has 0 amide bonds. The van der Waals surface area contributed by atoms with E-state index in [2.05, 4.69) is 22.1 Å². The number of phenolic OH excluding ortho intramolecular Hbond substituents is 1. The van der Waals surface area contributed by atoms with E-state index in [1.807, 2.05) is 12.1 Å². The van der Waals surface area contributed by atoms with Gasteiger partial charge >= 0.3 is 0 Å². The van der Waals surface area contributed by atoms with Crippen molar-refractivity contribution in [2.75, 3.05) is 0 Å². The van der Waals surface area contributed by atoms with Gasteiger partial charge in [-0.15, -0.1) is 0 Å². The van der Waals surface area contributed by atoms with Crippen LogP contribution >= 0.6 is 11.3 Å². The van der Waals surface area contributed by atoms with Crippen LogP contribution in [0.25, 0.3) is 0 Å². The molecular weight excluding hydrogens is 206 g/mol. The first kappa shape index (κ1) is 10.2. The molecule has 15 heavy (non-hydrogen) atoms. The summed E-state index contributed by atoms with van der Waals surface area (Å²) in [5.74, 6) is 0.316. The van der Waals surface area contributed by atoms with Gasteiger partial charge in [-0.05, 0) is 40.1 Å². The molecule has 0 spiro atoms. The third-order valence-corrected chi connectivity index (χ3v) is 2.91. The van der Waals surface area contributed by atoms with Crippen LogP contribution < -0.4 is 5.32 Å². The Kier molecular flexibility index (Phi) is 3.37. The zero-order chi connectivity index (χ0) is 10.5. The standard InChI is InChI=1S/C12H13NOS/c14-12-3-1-10(2-4-12)7-13-8-11-5-6-15-9-11/h1-6,9,13-14H,7-8H2. The van der Waals surface area contributed by atoms with Crippen LogP contribution in [0.4, 0.5) is 0 Å². The lowest BCUT2D eigenvalue weighted by molar-refractivity contribution is 0.475. The van der Waals surface area contributed by atoms with Crippen molar-refractivity contribution in [1.82, 2.24) is 5.32 Å². The van der Waals surface area contributed by atoms with Gasteiger partial charge in [0.05, 0.1) is 0 Å². The molecule has 0 aliphatic heterocycles. The first-order valence-corrected chi connectivity index (χ1v) is 5.78. The third kappa shape index (κ3) is 3.08. The number of rotatable bonds is 4. The second kappa shape index (κ2) is 4.96. The van der Waals surface area contributed by atoms with Gasteiger partial charge in [0.15, 0.2) is 0 Å². The predicted octanol–water partition coefficient (Wildman–Crippen LogP) is 2.74. The van der Waals surface area contributed by atoms with Gasteiger partial charge < -0.3 is 10.4 Å². The summed E-state index contributed by atoms with van der Waals surface area (Å²) in [7, 11) is 0. The molecule has 0 saturated carbocycles. The Bertz CT molecular complexity index is 394. The van der Waals surface area contributed by atoms with Crippen molar-refractivity contribution in [2.45, 2.75) is 13.1 Å². The van der Waals surface area contributed by atoms with Crippen molar-refractivity contribution in [3.63, 3.8) is 0 Å². The molecule has 0 unspecified atom stereocenters. The Labute approximate surface area is 93.2 Å². The molecule has 0 radical (unpaired) electrons. The average Bonchev–Trinajstić information content (AvgIpc) is 2.74. The monoisotopic (exact) mass is 219 g/mol. The molecule has 78 valence electrons. The molecule has 2 N–H and O–H groups in total. The highest BCUT2D eigenvalue weighted by Crippen LogP contribution is 2.10. The number of hydrogen-bond donors (Lipinski definition) is 2. The molecule has 1 aromatic heterocycles. The molecule has 0 aliphatic carbocycles. The van der Waals surface area contributed by atoms with E-state index < -0.39 is 0 Å². The molecule has 3 heteroatoms. The fourth-order valence-corrected chi connectivity index (χ4v) is 2.03. The van der Waals surface area contributed by atoms with Gasteiger partial charge in [0.2, 0.25) is 0 Å². The zero-order valence-corrected chi connectivity index (χ0v) is 9.13. The SMILES string of the molecule is Oc1ccc(CNCc2ccsc2)cc1. The highest BCUT2D eigenvalue weighted by molar-refractivity contribution is 7.07. The number of aromatic hydroxyl groups is 1. The van der Waals surface area contributed by atoms with Crippen LogP contribution in [0, 0.1) is 0 Å². The number of thiophene rings is 1. The molecule has 2 aromatic rings. The van der Waals surface area contributed by atoms with Gasteiger partial charge in [0.1, 0.15) is 5.75 Å². The molecule has 0 bridgehead atoms. The lowest BCUT2D eigenvalue weighted by Crippen LogP contribution is -2.11. The number of nitrogens with one attached hydrogen (secondary N) is 1. The van der Waals surface area contributed by atoms with Crippen LogP contribution in [0.3, 0.4) is 0 Å². The summed E-state index contributed by atoms with van der Waals surface area (Å²) in [5, 5.41) is 16.7. The van der Waals surface area contributed by atoms with E-state index in [0.29, 0.717) is 5.75 Å². The number of benzene rings is 1. The van der Waals surface area contributed by atoms with Crippen molar-refractivity contribution < 1.29 is 5.11 Å². The van der Waals surface area contributed by atoms with Crippen molar-refractivity contribution in [3.8, 4) is 5.75 Å². The maximum absolute atomic E-state index is 9.11. The fourth-order valence-electron chi connectivity index (χ4n) is 1.36. The van der Waals surface area contributed by atoms with Gasteiger partial charge in [-0.25, -0.2) is 0 Å². The molecule has 0 saturated heterocycles. The van der Waals surface area contributed by atoms with Gasteiger partial charge in [-0.3, -0.25) is 0 Å². The van der Waals surface area contributed by atoms with Gasteiger partial charge in [-0.2, -0.15) is 11.3 Å². The number of phenols is 1. The second-order valence-electron chi connectivity index (χ2n) is 3.40. The second-order valence-corrected chi connectivity index (χ2v) is 4.18. The van der Waals surface area contributed by atoms with E-state index in [4.69, 9.17) is 5.11 Å². The van der Waals surface area contributed by atoms with Gasteiger partial charge in [-0.1, -0.05) is 12.1 Å². The fraction of sp³-hybridized carbons (Fsp3) is 0.167. The van der Waals surface area contributed by atoms with E-state index >= 15 is 0 Å². The zero-order valence-electron chi connectivity index (χ0n) is 8.31. The molecule has 2 rings (SSSR count). The van der Waals surface area contributed by atoms with Crippen LogP contribution in [0.1, 0.15) is 11.1 Å². The lowest BCUT2D eigenvalue weighted by atomic mass is 10.2. The first-order valence-electron chi connectivity index (χ1n) is 4.84. The minimum absolute atomic E-state index is 0.316. The summed E-state index contributed by atoms with van der Waals surface area (Å²) < 4.78 is 0. The maximum Gasteiger partial charge on any atom is 0.115 e. The molecule has 1 aromatic carbocycles. The Balaban J connectivity index is 1.81. The minimum Gasteiger partial charge on any atom is -0.508 e. The van der Waals surface area contributed by atoms with Crippen LogP contribution in [0.15, 0.2) is 41.1 Å². The summed E-state index contributed by atoms with van der Waals surface area (Å²) >= 11 is 1.71. The largest absolute Gasteiger partial charge is 0.508 e. The molecule has 0 fully saturated rings. The Morgan fingerprint density at radius 2 is 1.73 bits per heavy atom. The third-order valence-electron chi connectivity index (χ3n) is 2.17. The topological polar surface area (TPSA) is 32.3 Å². The molecule has 1 heterocycles. The van der Waals surface area contributed by atoms with E-state index in [0.717, 1.165) is 13.1 Å². The van der Waals surface area contributed by atoms with Crippen molar-refractivity contribution in [2.24, 2.45) is 0 Å². The van der Waals surface area contributed by atoms with Crippen molar-refractivity contribution >= 4 is 11.3 Å².